The first-order chi connectivity index (χ1) is 13.5. The zero-order valence-corrected chi connectivity index (χ0v) is 16.8. The van der Waals surface area contributed by atoms with Crippen molar-refractivity contribution >= 4 is 11.7 Å². The second-order valence-corrected chi connectivity index (χ2v) is 8.06. The third-order valence-electron chi connectivity index (χ3n) is 6.23. The second kappa shape index (κ2) is 7.95. The minimum atomic E-state index is -0.0731. The van der Waals surface area contributed by atoms with Gasteiger partial charge in [0, 0.05) is 49.2 Å². The fraction of sp³-hybridized carbons (Fsp3) is 0.545. The summed E-state index contributed by atoms with van der Waals surface area (Å²) in [5.41, 5.74) is 3.17. The highest BCUT2D eigenvalue weighted by Crippen LogP contribution is 2.33. The molecule has 1 saturated heterocycles. The molecule has 2 aromatic heterocycles. The number of furan rings is 1. The average Bonchev–Trinajstić information content (AvgIpc) is 3.43. The lowest BCUT2D eigenvalue weighted by Gasteiger charge is -2.33. The largest absolute Gasteiger partial charge is 0.459 e. The number of aromatic nitrogens is 1. The molecule has 0 bridgehead atoms. The molecule has 6 nitrogen and oxygen atoms in total. The van der Waals surface area contributed by atoms with Crippen LogP contribution in [0.4, 0.5) is 0 Å². The molecule has 1 aliphatic heterocycles. The van der Waals surface area contributed by atoms with Crippen LogP contribution < -0.4 is 0 Å². The van der Waals surface area contributed by atoms with Crippen molar-refractivity contribution in [3.8, 4) is 0 Å². The van der Waals surface area contributed by atoms with Gasteiger partial charge in [0.25, 0.3) is 5.91 Å². The normalized spacial score (nSPS) is 18.7. The molecule has 6 heteroatoms. The monoisotopic (exact) mass is 383 g/mol. The van der Waals surface area contributed by atoms with Gasteiger partial charge in [-0.05, 0) is 44.9 Å². The highest BCUT2D eigenvalue weighted by atomic mass is 16.3. The smallest absolute Gasteiger partial charge is 0.289 e. The summed E-state index contributed by atoms with van der Waals surface area (Å²) in [5, 5.41) is 0. The molecule has 2 aliphatic rings. The van der Waals surface area contributed by atoms with Gasteiger partial charge >= 0.3 is 0 Å². The van der Waals surface area contributed by atoms with E-state index in [-0.39, 0.29) is 11.7 Å². The van der Waals surface area contributed by atoms with Gasteiger partial charge in [-0.2, -0.15) is 0 Å². The number of aryl methyl sites for hydroxylation is 1. The van der Waals surface area contributed by atoms with Crippen molar-refractivity contribution in [3.05, 3.63) is 47.2 Å². The van der Waals surface area contributed by atoms with E-state index < -0.39 is 0 Å². The van der Waals surface area contributed by atoms with E-state index >= 15 is 0 Å². The summed E-state index contributed by atoms with van der Waals surface area (Å²) in [4.78, 5) is 29.3. The third-order valence-corrected chi connectivity index (χ3v) is 6.23. The predicted molar refractivity (Wildman–Crippen MR) is 107 cm³/mol. The zero-order valence-electron chi connectivity index (χ0n) is 16.8. The van der Waals surface area contributed by atoms with Crippen LogP contribution in [0.2, 0.25) is 0 Å². The topological polar surface area (TPSA) is 58.7 Å². The van der Waals surface area contributed by atoms with Crippen molar-refractivity contribution in [2.24, 2.45) is 0 Å². The molecule has 1 aliphatic carbocycles. The van der Waals surface area contributed by atoms with Crippen LogP contribution in [0, 0.1) is 13.8 Å². The van der Waals surface area contributed by atoms with Crippen molar-refractivity contribution in [3.63, 3.8) is 0 Å². The Balaban J connectivity index is 1.36. The molecule has 1 saturated carbocycles. The lowest BCUT2D eigenvalue weighted by atomic mass is 10.1. The van der Waals surface area contributed by atoms with Gasteiger partial charge in [-0.3, -0.25) is 14.5 Å². The number of carbonyl (C=O) groups excluding carboxylic acids is 2. The zero-order chi connectivity index (χ0) is 19.7. The van der Waals surface area contributed by atoms with Gasteiger partial charge in [0.15, 0.2) is 11.5 Å². The van der Waals surface area contributed by atoms with Crippen LogP contribution in [-0.2, 0) is 0 Å². The molecule has 2 fully saturated rings. The predicted octanol–water partition coefficient (Wildman–Crippen LogP) is 3.45. The summed E-state index contributed by atoms with van der Waals surface area (Å²) in [6, 6.07) is 6.03. The quantitative estimate of drug-likeness (QED) is 0.742. The molecule has 0 N–H and O–H groups in total. The number of ketones is 1. The number of piperazine rings is 1. The van der Waals surface area contributed by atoms with Crippen LogP contribution in [0.3, 0.4) is 0 Å². The van der Waals surface area contributed by atoms with E-state index in [1.165, 1.54) is 37.6 Å². The Hall–Kier alpha value is -2.34. The number of nitrogens with zero attached hydrogens (tertiary/aromatic N) is 3. The molecule has 1 amide bonds. The van der Waals surface area contributed by atoms with Crippen molar-refractivity contribution in [1.29, 1.82) is 0 Å². The minimum Gasteiger partial charge on any atom is -0.459 e. The van der Waals surface area contributed by atoms with Crippen LogP contribution in [0.25, 0.3) is 0 Å². The molecular weight excluding hydrogens is 354 g/mol. The lowest BCUT2D eigenvalue weighted by molar-refractivity contribution is 0.0596. The maximum Gasteiger partial charge on any atom is 0.289 e. The summed E-state index contributed by atoms with van der Waals surface area (Å²) in [5.74, 6) is 0.489. The number of hydrogen-bond acceptors (Lipinski definition) is 4. The molecule has 28 heavy (non-hydrogen) atoms. The molecule has 0 radical (unpaired) electrons. The van der Waals surface area contributed by atoms with E-state index in [9.17, 15) is 9.59 Å². The Bertz CT molecular complexity index is 839. The Kier molecular flexibility index (Phi) is 5.40. The van der Waals surface area contributed by atoms with Crippen LogP contribution in [0.1, 0.15) is 64.0 Å². The number of Topliss-reactive ketones (excluding diaryl/α,β-unsaturated/α-hetero) is 1. The van der Waals surface area contributed by atoms with E-state index in [1.54, 1.807) is 17.0 Å². The average molecular weight is 383 g/mol. The SMILES string of the molecule is Cc1cc(C(=O)CN2CCN(C(=O)c3ccco3)CC2)c(C)n1C1CCCC1. The molecule has 0 atom stereocenters. The van der Waals surface area contributed by atoms with Gasteiger partial charge in [0.05, 0.1) is 12.8 Å². The van der Waals surface area contributed by atoms with Crippen LogP contribution >= 0.6 is 0 Å². The standard InChI is InChI=1S/C22H29N3O3/c1-16-14-19(17(2)25(16)18-6-3-4-7-18)20(26)15-23-9-11-24(12-10-23)22(27)21-8-5-13-28-21/h5,8,13-14,18H,3-4,6-7,9-12,15H2,1-2H3. The van der Waals surface area contributed by atoms with Crippen molar-refractivity contribution in [2.45, 2.75) is 45.6 Å². The molecular formula is C22H29N3O3. The fourth-order valence-electron chi connectivity index (χ4n) is 4.74. The molecule has 0 spiro atoms. The Morgan fingerprint density at radius 2 is 1.82 bits per heavy atom. The van der Waals surface area contributed by atoms with E-state index in [1.807, 2.05) is 0 Å². The van der Waals surface area contributed by atoms with Gasteiger partial charge in [0.1, 0.15) is 0 Å². The summed E-state index contributed by atoms with van der Waals surface area (Å²) in [7, 11) is 0. The molecule has 2 aromatic rings. The Morgan fingerprint density at radius 3 is 2.46 bits per heavy atom. The minimum absolute atomic E-state index is 0.0731. The van der Waals surface area contributed by atoms with Gasteiger partial charge < -0.3 is 13.9 Å². The van der Waals surface area contributed by atoms with Crippen LogP contribution in [-0.4, -0.2) is 58.8 Å². The first kappa shape index (κ1) is 19.0. The highest BCUT2D eigenvalue weighted by molar-refractivity contribution is 5.99. The molecule has 0 aromatic carbocycles. The Labute approximate surface area is 166 Å². The fourth-order valence-corrected chi connectivity index (χ4v) is 4.74. The van der Waals surface area contributed by atoms with Gasteiger partial charge in [-0.25, -0.2) is 0 Å². The van der Waals surface area contributed by atoms with Crippen molar-refractivity contribution in [2.75, 3.05) is 32.7 Å². The van der Waals surface area contributed by atoms with E-state index in [4.69, 9.17) is 4.42 Å². The van der Waals surface area contributed by atoms with Gasteiger partial charge in [-0.1, -0.05) is 12.8 Å². The second-order valence-electron chi connectivity index (χ2n) is 8.06. The maximum atomic E-state index is 13.0. The molecule has 3 heterocycles. The molecule has 4 rings (SSSR count). The van der Waals surface area contributed by atoms with Crippen LogP contribution in [0.5, 0.6) is 0 Å². The van der Waals surface area contributed by atoms with Crippen LogP contribution in [0.15, 0.2) is 28.9 Å². The summed E-state index contributed by atoms with van der Waals surface area (Å²) in [6.07, 6.45) is 6.52. The first-order valence-electron chi connectivity index (χ1n) is 10.3. The van der Waals surface area contributed by atoms with E-state index in [0.29, 0.717) is 44.5 Å². The first-order valence-corrected chi connectivity index (χ1v) is 10.3. The number of hydrogen-bond donors (Lipinski definition) is 0. The van der Waals surface area contributed by atoms with Crippen molar-refractivity contribution < 1.29 is 14.0 Å². The maximum absolute atomic E-state index is 13.0. The van der Waals surface area contributed by atoms with Gasteiger partial charge in [0.2, 0.25) is 0 Å². The molecule has 0 unspecified atom stereocenters. The van der Waals surface area contributed by atoms with E-state index in [0.717, 1.165) is 11.3 Å². The number of amides is 1. The third kappa shape index (κ3) is 3.65. The number of carbonyl (C=O) groups is 2. The van der Waals surface area contributed by atoms with Gasteiger partial charge in [-0.15, -0.1) is 0 Å². The number of rotatable bonds is 5. The summed E-state index contributed by atoms with van der Waals surface area (Å²) < 4.78 is 7.58. The summed E-state index contributed by atoms with van der Waals surface area (Å²) >= 11 is 0. The van der Waals surface area contributed by atoms with E-state index in [2.05, 4.69) is 29.4 Å². The van der Waals surface area contributed by atoms with Crippen molar-refractivity contribution in [1.82, 2.24) is 14.4 Å². The Morgan fingerprint density at radius 1 is 1.11 bits per heavy atom. The highest BCUT2D eigenvalue weighted by Gasteiger charge is 2.27. The lowest BCUT2D eigenvalue weighted by Crippen LogP contribution is -2.49. The summed E-state index contributed by atoms with van der Waals surface area (Å²) in [6.45, 7) is 7.26. The molecule has 150 valence electrons.